The molecule has 3 rings (SSSR count). The number of methoxy groups -OCH3 is 1. The van der Waals surface area contributed by atoms with Crippen molar-refractivity contribution in [3.05, 3.63) is 60.1 Å². The SMILES string of the molecule is CO[C@@H]1CC[C@@H](NC(=O)N[C@@H](c2ccccc2)c2ccco2)C1. The Hall–Kier alpha value is -2.27. The van der Waals surface area contributed by atoms with Crippen LogP contribution in [-0.4, -0.2) is 25.3 Å². The van der Waals surface area contributed by atoms with Gasteiger partial charge in [-0.15, -0.1) is 0 Å². The number of hydrogen-bond acceptors (Lipinski definition) is 3. The van der Waals surface area contributed by atoms with E-state index < -0.39 is 0 Å². The van der Waals surface area contributed by atoms with Crippen molar-refractivity contribution < 1.29 is 13.9 Å². The average Bonchev–Trinajstić information content (AvgIpc) is 3.25. The second-order valence-electron chi connectivity index (χ2n) is 5.84. The standard InChI is InChI=1S/C18H22N2O3/c1-22-15-10-9-14(12-15)19-18(21)20-17(16-8-5-11-23-16)13-6-3-2-4-7-13/h2-8,11,14-15,17H,9-10,12H2,1H3,(H2,19,20,21)/t14-,15-,17+/m1/s1. The summed E-state index contributed by atoms with van der Waals surface area (Å²) in [5.74, 6) is 0.715. The molecule has 1 aromatic heterocycles. The van der Waals surface area contributed by atoms with Crippen LogP contribution in [0, 0.1) is 0 Å². The molecule has 2 amide bonds. The van der Waals surface area contributed by atoms with Gasteiger partial charge >= 0.3 is 6.03 Å². The molecule has 2 aromatic rings. The summed E-state index contributed by atoms with van der Waals surface area (Å²) in [7, 11) is 1.72. The Morgan fingerprint density at radius 3 is 2.70 bits per heavy atom. The molecule has 0 spiro atoms. The van der Waals surface area contributed by atoms with Gasteiger partial charge in [0.05, 0.1) is 12.4 Å². The van der Waals surface area contributed by atoms with E-state index in [1.54, 1.807) is 13.4 Å². The molecule has 2 N–H and O–H groups in total. The second-order valence-corrected chi connectivity index (χ2v) is 5.84. The summed E-state index contributed by atoms with van der Waals surface area (Å²) in [6, 6.07) is 13.2. The molecule has 1 aliphatic carbocycles. The molecule has 0 aliphatic heterocycles. The number of furan rings is 1. The van der Waals surface area contributed by atoms with Crippen LogP contribution >= 0.6 is 0 Å². The third-order valence-electron chi connectivity index (χ3n) is 4.29. The fraction of sp³-hybridized carbons (Fsp3) is 0.389. The summed E-state index contributed by atoms with van der Waals surface area (Å²) in [5, 5.41) is 6.04. The van der Waals surface area contributed by atoms with E-state index in [9.17, 15) is 4.79 Å². The normalized spacial score (nSPS) is 21.8. The van der Waals surface area contributed by atoms with Crippen molar-refractivity contribution in [1.29, 1.82) is 0 Å². The molecule has 3 atom stereocenters. The van der Waals surface area contributed by atoms with Crippen molar-refractivity contribution in [3.8, 4) is 0 Å². The van der Waals surface area contributed by atoms with Crippen LogP contribution in [0.2, 0.25) is 0 Å². The monoisotopic (exact) mass is 314 g/mol. The van der Waals surface area contributed by atoms with Crippen LogP contribution in [0.4, 0.5) is 4.79 Å². The predicted molar refractivity (Wildman–Crippen MR) is 87.1 cm³/mol. The first-order chi connectivity index (χ1) is 11.3. The van der Waals surface area contributed by atoms with Gasteiger partial charge in [-0.2, -0.15) is 0 Å². The Kier molecular flexibility index (Phi) is 4.98. The van der Waals surface area contributed by atoms with E-state index in [0.717, 1.165) is 24.8 Å². The number of ether oxygens (including phenoxy) is 1. The zero-order valence-electron chi connectivity index (χ0n) is 13.2. The minimum atomic E-state index is -0.300. The third-order valence-corrected chi connectivity index (χ3v) is 4.29. The molecule has 1 saturated carbocycles. The molecule has 1 aromatic carbocycles. The second kappa shape index (κ2) is 7.33. The molecule has 0 saturated heterocycles. The number of hydrogen-bond donors (Lipinski definition) is 2. The lowest BCUT2D eigenvalue weighted by Gasteiger charge is -2.20. The minimum absolute atomic E-state index is 0.160. The van der Waals surface area contributed by atoms with E-state index in [0.29, 0.717) is 5.76 Å². The topological polar surface area (TPSA) is 63.5 Å². The van der Waals surface area contributed by atoms with E-state index in [-0.39, 0.29) is 24.2 Å². The molecule has 5 nitrogen and oxygen atoms in total. The predicted octanol–water partition coefficient (Wildman–Crippen LogP) is 3.24. The summed E-state index contributed by atoms with van der Waals surface area (Å²) in [4.78, 5) is 12.4. The number of benzene rings is 1. The first-order valence-corrected chi connectivity index (χ1v) is 7.94. The third kappa shape index (κ3) is 3.93. The van der Waals surface area contributed by atoms with Gasteiger partial charge in [-0.1, -0.05) is 30.3 Å². The Labute approximate surface area is 136 Å². The Morgan fingerprint density at radius 2 is 2.04 bits per heavy atom. The highest BCUT2D eigenvalue weighted by Crippen LogP contribution is 2.23. The fourth-order valence-corrected chi connectivity index (χ4v) is 3.06. The molecule has 1 aliphatic rings. The van der Waals surface area contributed by atoms with Crippen molar-refractivity contribution in [2.24, 2.45) is 0 Å². The first-order valence-electron chi connectivity index (χ1n) is 7.94. The lowest BCUT2D eigenvalue weighted by atomic mass is 10.0. The number of rotatable bonds is 5. The summed E-state index contributed by atoms with van der Waals surface area (Å²) >= 11 is 0. The Morgan fingerprint density at radius 1 is 1.22 bits per heavy atom. The molecule has 0 bridgehead atoms. The highest BCUT2D eigenvalue weighted by atomic mass is 16.5. The molecule has 5 heteroatoms. The van der Waals surface area contributed by atoms with Gasteiger partial charge in [0.2, 0.25) is 0 Å². The van der Waals surface area contributed by atoms with Crippen LogP contribution in [0.15, 0.2) is 53.1 Å². The Balaban J connectivity index is 1.66. The van der Waals surface area contributed by atoms with Crippen LogP contribution in [0.5, 0.6) is 0 Å². The summed E-state index contributed by atoms with van der Waals surface area (Å²) in [6.45, 7) is 0. The quantitative estimate of drug-likeness (QED) is 0.890. The van der Waals surface area contributed by atoms with Crippen LogP contribution in [0.3, 0.4) is 0 Å². The van der Waals surface area contributed by atoms with Crippen molar-refractivity contribution in [1.82, 2.24) is 10.6 Å². The van der Waals surface area contributed by atoms with Gasteiger partial charge in [-0.25, -0.2) is 4.79 Å². The number of carbonyl (C=O) groups is 1. The zero-order valence-corrected chi connectivity index (χ0v) is 13.2. The lowest BCUT2D eigenvalue weighted by molar-refractivity contribution is 0.107. The van der Waals surface area contributed by atoms with Crippen molar-refractivity contribution in [3.63, 3.8) is 0 Å². The van der Waals surface area contributed by atoms with Crippen LogP contribution in [-0.2, 0) is 4.74 Å². The molecule has 0 unspecified atom stereocenters. The van der Waals surface area contributed by atoms with Crippen molar-refractivity contribution in [2.45, 2.75) is 37.5 Å². The average molecular weight is 314 g/mol. The molecule has 1 heterocycles. The van der Waals surface area contributed by atoms with Crippen LogP contribution in [0.25, 0.3) is 0 Å². The van der Waals surface area contributed by atoms with Gasteiger partial charge in [-0.3, -0.25) is 0 Å². The van der Waals surface area contributed by atoms with Crippen LogP contribution in [0.1, 0.15) is 36.6 Å². The highest BCUT2D eigenvalue weighted by molar-refractivity contribution is 5.75. The van der Waals surface area contributed by atoms with Gasteiger partial charge in [0, 0.05) is 13.2 Å². The summed E-state index contributed by atoms with van der Waals surface area (Å²) < 4.78 is 10.8. The van der Waals surface area contributed by atoms with E-state index in [1.807, 2.05) is 42.5 Å². The summed E-state index contributed by atoms with van der Waals surface area (Å²) in [5.41, 5.74) is 0.985. The number of carbonyl (C=O) groups excluding carboxylic acids is 1. The maximum atomic E-state index is 12.4. The van der Waals surface area contributed by atoms with E-state index in [4.69, 9.17) is 9.15 Å². The van der Waals surface area contributed by atoms with Gasteiger partial charge in [0.15, 0.2) is 0 Å². The first kappa shape index (κ1) is 15.6. The molecular formula is C18H22N2O3. The van der Waals surface area contributed by atoms with E-state index in [2.05, 4.69) is 10.6 Å². The van der Waals surface area contributed by atoms with Gasteiger partial charge < -0.3 is 19.8 Å². The zero-order chi connectivity index (χ0) is 16.1. The molecule has 23 heavy (non-hydrogen) atoms. The fourth-order valence-electron chi connectivity index (χ4n) is 3.06. The van der Waals surface area contributed by atoms with Gasteiger partial charge in [0.1, 0.15) is 11.8 Å². The minimum Gasteiger partial charge on any atom is -0.467 e. The van der Waals surface area contributed by atoms with Crippen LogP contribution < -0.4 is 10.6 Å². The Bertz CT molecular complexity index is 612. The smallest absolute Gasteiger partial charge is 0.315 e. The number of nitrogens with one attached hydrogen (secondary N) is 2. The lowest BCUT2D eigenvalue weighted by Crippen LogP contribution is -2.43. The largest absolute Gasteiger partial charge is 0.467 e. The molecule has 0 radical (unpaired) electrons. The molecule has 122 valence electrons. The van der Waals surface area contributed by atoms with Crippen molar-refractivity contribution >= 4 is 6.03 Å². The number of amides is 2. The maximum Gasteiger partial charge on any atom is 0.315 e. The highest BCUT2D eigenvalue weighted by Gasteiger charge is 2.27. The maximum absolute atomic E-state index is 12.4. The van der Waals surface area contributed by atoms with Gasteiger partial charge in [-0.05, 0) is 37.0 Å². The van der Waals surface area contributed by atoms with E-state index in [1.165, 1.54) is 0 Å². The van der Waals surface area contributed by atoms with Crippen molar-refractivity contribution in [2.75, 3.05) is 7.11 Å². The molecular weight excluding hydrogens is 292 g/mol. The van der Waals surface area contributed by atoms with E-state index >= 15 is 0 Å². The molecule has 1 fully saturated rings. The summed E-state index contributed by atoms with van der Waals surface area (Å²) in [6.07, 6.45) is 4.66. The number of urea groups is 1. The van der Waals surface area contributed by atoms with Gasteiger partial charge in [0.25, 0.3) is 0 Å².